The quantitative estimate of drug-likeness (QED) is 0.652. The molecule has 1 aliphatic heterocycles. The first kappa shape index (κ1) is 9.11. The summed E-state index contributed by atoms with van der Waals surface area (Å²) in [4.78, 5) is 4.23. The predicted octanol–water partition coefficient (Wildman–Crippen LogP) is 3.03. The Morgan fingerprint density at radius 2 is 2.06 bits per heavy atom. The molecule has 3 rings (SSSR count). The molecule has 16 heavy (non-hydrogen) atoms. The fourth-order valence-corrected chi connectivity index (χ4v) is 2.27. The summed E-state index contributed by atoms with van der Waals surface area (Å²) in [7, 11) is 0. The average Bonchev–Trinajstić information content (AvgIpc) is 2.37. The fourth-order valence-electron chi connectivity index (χ4n) is 2.27. The molecule has 0 bridgehead atoms. The van der Waals surface area contributed by atoms with Crippen molar-refractivity contribution in [3.63, 3.8) is 0 Å². The summed E-state index contributed by atoms with van der Waals surface area (Å²) in [5.41, 5.74) is 2.31. The Morgan fingerprint density at radius 3 is 2.94 bits per heavy atom. The lowest BCUT2D eigenvalue weighted by molar-refractivity contribution is 0.975. The van der Waals surface area contributed by atoms with Crippen LogP contribution in [0.1, 0.15) is 17.0 Å². The van der Waals surface area contributed by atoms with Gasteiger partial charge in [0.05, 0.1) is 12.6 Å². The lowest BCUT2D eigenvalue weighted by atomic mass is 9.89. The second-order valence-corrected chi connectivity index (χ2v) is 3.96. The highest BCUT2D eigenvalue weighted by Crippen LogP contribution is 2.31. The van der Waals surface area contributed by atoms with E-state index in [0.29, 0.717) is 6.54 Å². The van der Waals surface area contributed by atoms with Gasteiger partial charge >= 0.3 is 0 Å². The molecule has 1 atom stereocenters. The number of nitriles is 1. The van der Waals surface area contributed by atoms with Crippen molar-refractivity contribution in [1.82, 2.24) is 0 Å². The van der Waals surface area contributed by atoms with Gasteiger partial charge in [0.25, 0.3) is 0 Å². The maximum Gasteiger partial charge on any atom is 0.107 e. The van der Waals surface area contributed by atoms with E-state index in [1.807, 2.05) is 12.1 Å². The van der Waals surface area contributed by atoms with Crippen LogP contribution in [0.5, 0.6) is 0 Å². The summed E-state index contributed by atoms with van der Waals surface area (Å²) < 4.78 is 0. The van der Waals surface area contributed by atoms with E-state index in [4.69, 9.17) is 5.26 Å². The molecule has 2 aromatic carbocycles. The zero-order valence-electron chi connectivity index (χ0n) is 8.72. The molecule has 0 amide bonds. The number of benzene rings is 2. The molecule has 76 valence electrons. The molecule has 0 aliphatic carbocycles. The third-order valence-electron chi connectivity index (χ3n) is 3.03. The van der Waals surface area contributed by atoms with Crippen molar-refractivity contribution in [3.05, 3.63) is 47.5 Å². The molecule has 2 aromatic rings. The van der Waals surface area contributed by atoms with E-state index >= 15 is 0 Å². The van der Waals surface area contributed by atoms with Crippen LogP contribution in [0.25, 0.3) is 10.8 Å². The summed E-state index contributed by atoms with van der Waals surface area (Å²) in [6, 6.07) is 14.7. The van der Waals surface area contributed by atoms with Crippen LogP contribution in [0.4, 0.5) is 0 Å². The Hall–Kier alpha value is -2.14. The standard InChI is InChI=1S/C14H10N2/c15-7-12-9-16-8-11-6-5-10-3-1-2-4-13(10)14(11)12/h1-6,9,12H,8H2. The van der Waals surface area contributed by atoms with Crippen molar-refractivity contribution in [2.75, 3.05) is 0 Å². The number of aliphatic imine (C=N–C) groups is 1. The second kappa shape index (κ2) is 3.46. The first-order chi connectivity index (χ1) is 7.90. The number of hydrogen-bond donors (Lipinski definition) is 0. The SMILES string of the molecule is N#CC1C=NCc2ccc3ccccc3c21. The topological polar surface area (TPSA) is 36.1 Å². The van der Waals surface area contributed by atoms with Gasteiger partial charge in [-0.3, -0.25) is 4.99 Å². The molecule has 1 aliphatic rings. The second-order valence-electron chi connectivity index (χ2n) is 3.96. The van der Waals surface area contributed by atoms with Gasteiger partial charge in [-0.15, -0.1) is 0 Å². The molecule has 2 nitrogen and oxygen atoms in total. The van der Waals surface area contributed by atoms with Crippen molar-refractivity contribution in [1.29, 1.82) is 5.26 Å². The minimum atomic E-state index is -0.199. The van der Waals surface area contributed by atoms with Gasteiger partial charge in [0.1, 0.15) is 5.92 Å². The van der Waals surface area contributed by atoms with Gasteiger partial charge in [0.15, 0.2) is 0 Å². The molecule has 0 spiro atoms. The summed E-state index contributed by atoms with van der Waals surface area (Å²) in [6.45, 7) is 0.693. The zero-order valence-corrected chi connectivity index (χ0v) is 8.72. The Balaban J connectivity index is 2.38. The maximum absolute atomic E-state index is 9.16. The predicted molar refractivity (Wildman–Crippen MR) is 64.5 cm³/mol. The highest BCUT2D eigenvalue weighted by molar-refractivity contribution is 5.92. The lowest BCUT2D eigenvalue weighted by Gasteiger charge is -2.17. The maximum atomic E-state index is 9.16. The van der Waals surface area contributed by atoms with Crippen molar-refractivity contribution >= 4 is 17.0 Å². The van der Waals surface area contributed by atoms with E-state index in [1.54, 1.807) is 6.21 Å². The van der Waals surface area contributed by atoms with E-state index < -0.39 is 0 Å². The van der Waals surface area contributed by atoms with E-state index in [9.17, 15) is 0 Å². The molecular formula is C14H10N2. The number of fused-ring (bicyclic) bond motifs is 3. The van der Waals surface area contributed by atoms with Gasteiger partial charge < -0.3 is 0 Å². The molecular weight excluding hydrogens is 196 g/mol. The first-order valence-electron chi connectivity index (χ1n) is 5.30. The molecule has 0 N–H and O–H groups in total. The normalized spacial score (nSPS) is 18.1. The molecule has 1 unspecified atom stereocenters. The number of nitrogens with zero attached hydrogens (tertiary/aromatic N) is 2. The molecule has 2 heteroatoms. The molecule has 0 aromatic heterocycles. The zero-order chi connectivity index (χ0) is 11.0. The first-order valence-corrected chi connectivity index (χ1v) is 5.30. The van der Waals surface area contributed by atoms with Gasteiger partial charge in [0.2, 0.25) is 0 Å². The van der Waals surface area contributed by atoms with Gasteiger partial charge in [-0.2, -0.15) is 5.26 Å². The third kappa shape index (κ3) is 1.22. The van der Waals surface area contributed by atoms with Crippen LogP contribution < -0.4 is 0 Å². The molecule has 0 saturated carbocycles. The summed E-state index contributed by atoms with van der Waals surface area (Å²) >= 11 is 0. The Labute approximate surface area is 93.9 Å². The van der Waals surface area contributed by atoms with Crippen LogP contribution >= 0.6 is 0 Å². The molecule has 0 fully saturated rings. The number of rotatable bonds is 0. The minimum Gasteiger partial charge on any atom is -0.291 e. The Morgan fingerprint density at radius 1 is 1.19 bits per heavy atom. The molecule has 0 radical (unpaired) electrons. The van der Waals surface area contributed by atoms with Crippen LogP contribution in [0.15, 0.2) is 41.4 Å². The minimum absolute atomic E-state index is 0.199. The third-order valence-corrected chi connectivity index (χ3v) is 3.03. The fraction of sp³-hybridized carbons (Fsp3) is 0.143. The summed E-state index contributed by atoms with van der Waals surface area (Å²) in [5.74, 6) is -0.199. The largest absolute Gasteiger partial charge is 0.291 e. The van der Waals surface area contributed by atoms with E-state index in [0.717, 1.165) is 5.56 Å². The van der Waals surface area contributed by atoms with Crippen LogP contribution in [-0.2, 0) is 6.54 Å². The number of hydrogen-bond acceptors (Lipinski definition) is 2. The van der Waals surface area contributed by atoms with Gasteiger partial charge in [-0.25, -0.2) is 0 Å². The van der Waals surface area contributed by atoms with E-state index in [1.165, 1.54) is 16.3 Å². The summed E-state index contributed by atoms with van der Waals surface area (Å²) in [5, 5.41) is 11.5. The molecule has 1 heterocycles. The Kier molecular flexibility index (Phi) is 1.97. The van der Waals surface area contributed by atoms with Crippen molar-refractivity contribution in [2.24, 2.45) is 4.99 Å². The van der Waals surface area contributed by atoms with Crippen molar-refractivity contribution in [3.8, 4) is 6.07 Å². The van der Waals surface area contributed by atoms with Crippen LogP contribution in [0.2, 0.25) is 0 Å². The van der Waals surface area contributed by atoms with Gasteiger partial charge in [-0.1, -0.05) is 36.4 Å². The van der Waals surface area contributed by atoms with E-state index in [2.05, 4.69) is 35.3 Å². The van der Waals surface area contributed by atoms with Crippen molar-refractivity contribution < 1.29 is 0 Å². The monoisotopic (exact) mass is 206 g/mol. The highest BCUT2D eigenvalue weighted by atomic mass is 14.7. The van der Waals surface area contributed by atoms with Crippen molar-refractivity contribution in [2.45, 2.75) is 12.5 Å². The Bertz CT molecular complexity index is 620. The lowest BCUT2D eigenvalue weighted by Crippen LogP contribution is -2.07. The average molecular weight is 206 g/mol. The smallest absolute Gasteiger partial charge is 0.107 e. The van der Waals surface area contributed by atoms with Crippen LogP contribution in [0, 0.1) is 11.3 Å². The van der Waals surface area contributed by atoms with Crippen LogP contribution in [-0.4, -0.2) is 6.21 Å². The van der Waals surface area contributed by atoms with E-state index in [-0.39, 0.29) is 5.92 Å². The molecule has 0 saturated heterocycles. The van der Waals surface area contributed by atoms with Gasteiger partial charge in [-0.05, 0) is 21.9 Å². The summed E-state index contributed by atoms with van der Waals surface area (Å²) in [6.07, 6.45) is 1.76. The highest BCUT2D eigenvalue weighted by Gasteiger charge is 2.18. The van der Waals surface area contributed by atoms with Crippen LogP contribution in [0.3, 0.4) is 0 Å². The van der Waals surface area contributed by atoms with Gasteiger partial charge in [0, 0.05) is 6.21 Å².